The lowest BCUT2D eigenvalue weighted by atomic mass is 10.3. The minimum atomic E-state index is -0.134. The number of nitrogens with zero attached hydrogens (tertiary/aromatic N) is 4. The second kappa shape index (κ2) is 6.89. The number of hydrogen-bond donors (Lipinski definition) is 0. The van der Waals surface area contributed by atoms with Crippen molar-refractivity contribution in [2.24, 2.45) is 0 Å². The van der Waals surface area contributed by atoms with Crippen molar-refractivity contribution in [1.82, 2.24) is 19.5 Å². The van der Waals surface area contributed by atoms with E-state index in [1.165, 1.54) is 21.9 Å². The summed E-state index contributed by atoms with van der Waals surface area (Å²) in [7, 11) is 2.00. The molecule has 2 heterocycles. The number of likely N-dealkylation sites (N-methyl/N-ethyl adjacent to an activating group) is 1. The monoisotopic (exact) mass is 330 g/mol. The molecule has 3 aromatic rings. The van der Waals surface area contributed by atoms with Crippen LogP contribution in [0.25, 0.3) is 4.96 Å². The van der Waals surface area contributed by atoms with Gasteiger partial charge >= 0.3 is 0 Å². The van der Waals surface area contributed by atoms with Crippen LogP contribution in [0, 0.1) is 6.92 Å². The minimum Gasteiger partial charge on any atom is -0.492 e. The Hall–Kier alpha value is -2.25. The quantitative estimate of drug-likeness (QED) is 0.691. The van der Waals surface area contributed by atoms with Crippen molar-refractivity contribution >= 4 is 16.3 Å². The van der Waals surface area contributed by atoms with Crippen molar-refractivity contribution in [2.75, 3.05) is 20.2 Å². The van der Waals surface area contributed by atoms with E-state index in [9.17, 15) is 4.79 Å². The molecule has 0 radical (unpaired) electrons. The fourth-order valence-electron chi connectivity index (χ4n) is 2.17. The Morgan fingerprint density at radius 3 is 2.87 bits per heavy atom. The van der Waals surface area contributed by atoms with Gasteiger partial charge in [-0.3, -0.25) is 9.69 Å². The van der Waals surface area contributed by atoms with E-state index >= 15 is 0 Å². The van der Waals surface area contributed by atoms with Crippen molar-refractivity contribution in [3.63, 3.8) is 0 Å². The molecule has 0 amide bonds. The number of rotatable bonds is 6. The Balaban J connectivity index is 1.58. The summed E-state index contributed by atoms with van der Waals surface area (Å²) in [6.45, 7) is 3.84. The summed E-state index contributed by atoms with van der Waals surface area (Å²) in [6.07, 6.45) is 0. The van der Waals surface area contributed by atoms with E-state index in [4.69, 9.17) is 4.74 Å². The molecule has 1 aromatic carbocycles. The van der Waals surface area contributed by atoms with Gasteiger partial charge in [0.25, 0.3) is 5.56 Å². The molecule has 0 atom stereocenters. The smallest absolute Gasteiger partial charge is 0.275 e. The number of benzene rings is 1. The van der Waals surface area contributed by atoms with Crippen molar-refractivity contribution in [3.05, 3.63) is 57.5 Å². The molecular weight excluding hydrogens is 312 g/mol. The normalized spacial score (nSPS) is 11.3. The summed E-state index contributed by atoms with van der Waals surface area (Å²) in [5, 5.41) is 5.20. The first-order valence-electron chi connectivity index (χ1n) is 7.34. The molecule has 0 fully saturated rings. The molecule has 0 aliphatic heterocycles. The van der Waals surface area contributed by atoms with Crippen LogP contribution in [0.1, 0.15) is 10.7 Å². The van der Waals surface area contributed by atoms with Crippen LogP contribution in [0.2, 0.25) is 0 Å². The highest BCUT2D eigenvalue weighted by molar-refractivity contribution is 7.16. The Morgan fingerprint density at radius 2 is 2.09 bits per heavy atom. The molecule has 120 valence electrons. The van der Waals surface area contributed by atoms with E-state index in [1.807, 2.05) is 44.3 Å². The van der Waals surface area contributed by atoms with Gasteiger partial charge in [-0.15, -0.1) is 0 Å². The Labute approximate surface area is 138 Å². The lowest BCUT2D eigenvalue weighted by Crippen LogP contribution is -2.24. The highest BCUT2D eigenvalue weighted by Crippen LogP contribution is 2.13. The molecule has 0 aliphatic carbocycles. The van der Waals surface area contributed by atoms with Crippen molar-refractivity contribution in [1.29, 1.82) is 0 Å². The molecule has 0 spiro atoms. The van der Waals surface area contributed by atoms with Gasteiger partial charge in [0.15, 0.2) is 0 Å². The molecule has 3 rings (SSSR count). The second-order valence-electron chi connectivity index (χ2n) is 5.33. The van der Waals surface area contributed by atoms with Gasteiger partial charge in [0.1, 0.15) is 17.4 Å². The van der Waals surface area contributed by atoms with Crippen LogP contribution in [0.5, 0.6) is 5.75 Å². The first-order chi connectivity index (χ1) is 11.1. The third-order valence-corrected chi connectivity index (χ3v) is 4.20. The Kier molecular flexibility index (Phi) is 4.68. The van der Waals surface area contributed by atoms with Gasteiger partial charge in [0.2, 0.25) is 4.96 Å². The third-order valence-electron chi connectivity index (χ3n) is 3.31. The maximum absolute atomic E-state index is 11.9. The highest BCUT2D eigenvalue weighted by atomic mass is 32.1. The van der Waals surface area contributed by atoms with Crippen LogP contribution in [0.15, 0.2) is 41.2 Å². The average molecular weight is 330 g/mol. The molecule has 6 nitrogen and oxygen atoms in total. The highest BCUT2D eigenvalue weighted by Gasteiger charge is 2.09. The molecule has 7 heteroatoms. The Morgan fingerprint density at radius 1 is 1.30 bits per heavy atom. The van der Waals surface area contributed by atoms with E-state index in [2.05, 4.69) is 15.0 Å². The van der Waals surface area contributed by atoms with Crippen molar-refractivity contribution < 1.29 is 4.74 Å². The zero-order chi connectivity index (χ0) is 16.2. The largest absolute Gasteiger partial charge is 0.492 e. The number of ether oxygens (including phenoxy) is 1. The number of para-hydroxylation sites is 1. The van der Waals surface area contributed by atoms with Crippen LogP contribution in [0.4, 0.5) is 0 Å². The van der Waals surface area contributed by atoms with Gasteiger partial charge in [0, 0.05) is 18.3 Å². The topological polar surface area (TPSA) is 59.7 Å². The zero-order valence-corrected chi connectivity index (χ0v) is 13.9. The molecule has 0 saturated heterocycles. The maximum Gasteiger partial charge on any atom is 0.275 e. The molecule has 23 heavy (non-hydrogen) atoms. The van der Waals surface area contributed by atoms with E-state index in [0.29, 0.717) is 18.1 Å². The van der Waals surface area contributed by atoms with Gasteiger partial charge in [-0.05, 0) is 26.1 Å². The van der Waals surface area contributed by atoms with Crippen LogP contribution < -0.4 is 10.3 Å². The summed E-state index contributed by atoms with van der Waals surface area (Å²) < 4.78 is 7.04. The molecule has 0 aliphatic rings. The fraction of sp³-hybridized carbons (Fsp3) is 0.312. The van der Waals surface area contributed by atoms with Crippen LogP contribution in [0.3, 0.4) is 0 Å². The molecular formula is C16H18N4O2S. The lowest BCUT2D eigenvalue weighted by molar-refractivity contribution is 0.232. The average Bonchev–Trinajstić information content (AvgIpc) is 2.91. The lowest BCUT2D eigenvalue weighted by Gasteiger charge is -2.15. The predicted octanol–water partition coefficient (Wildman–Crippen LogP) is 1.97. The number of hydrogen-bond acceptors (Lipinski definition) is 6. The van der Waals surface area contributed by atoms with Crippen molar-refractivity contribution in [3.8, 4) is 5.75 Å². The molecule has 0 N–H and O–H groups in total. The fourth-order valence-corrected chi connectivity index (χ4v) is 3.20. The Bertz CT molecular complexity index is 844. The van der Waals surface area contributed by atoms with E-state index in [1.54, 1.807) is 0 Å². The van der Waals surface area contributed by atoms with Crippen LogP contribution >= 0.6 is 11.3 Å². The minimum absolute atomic E-state index is 0.134. The molecule has 0 saturated carbocycles. The van der Waals surface area contributed by atoms with Gasteiger partial charge in [-0.2, -0.15) is 9.61 Å². The van der Waals surface area contributed by atoms with Crippen LogP contribution in [-0.2, 0) is 6.54 Å². The van der Waals surface area contributed by atoms with E-state index in [-0.39, 0.29) is 5.56 Å². The van der Waals surface area contributed by atoms with Gasteiger partial charge in [-0.1, -0.05) is 29.5 Å². The van der Waals surface area contributed by atoms with Crippen LogP contribution in [-0.4, -0.2) is 39.7 Å². The summed E-state index contributed by atoms with van der Waals surface area (Å²) in [5.74, 6) is 0.868. The number of fused-ring (bicyclic) bond motifs is 1. The van der Waals surface area contributed by atoms with E-state index in [0.717, 1.165) is 23.0 Å². The predicted molar refractivity (Wildman–Crippen MR) is 90.1 cm³/mol. The first kappa shape index (κ1) is 15.6. The van der Waals surface area contributed by atoms with E-state index < -0.39 is 0 Å². The maximum atomic E-state index is 11.9. The van der Waals surface area contributed by atoms with Gasteiger partial charge < -0.3 is 4.74 Å². The number of aryl methyl sites for hydroxylation is 1. The summed E-state index contributed by atoms with van der Waals surface area (Å²) in [6, 6.07) is 11.2. The summed E-state index contributed by atoms with van der Waals surface area (Å²) in [5.41, 5.74) is 0.583. The zero-order valence-electron chi connectivity index (χ0n) is 13.1. The summed E-state index contributed by atoms with van der Waals surface area (Å²) in [4.78, 5) is 19.0. The third kappa shape index (κ3) is 3.94. The first-order valence-corrected chi connectivity index (χ1v) is 8.16. The number of aromatic nitrogens is 3. The molecule has 0 unspecified atom stereocenters. The van der Waals surface area contributed by atoms with Gasteiger partial charge in [0.05, 0.1) is 6.54 Å². The molecule has 0 bridgehead atoms. The summed E-state index contributed by atoms with van der Waals surface area (Å²) >= 11 is 1.44. The van der Waals surface area contributed by atoms with Gasteiger partial charge in [-0.25, -0.2) is 4.98 Å². The van der Waals surface area contributed by atoms with Crippen molar-refractivity contribution in [2.45, 2.75) is 13.5 Å². The SMILES string of the molecule is Cc1cc(=O)n2nc(CN(C)CCOc3ccccc3)sc2n1. The molecule has 2 aromatic heterocycles. The second-order valence-corrected chi connectivity index (χ2v) is 6.37. The standard InChI is InChI=1S/C16H18N4O2S/c1-12-10-15(21)20-16(17-12)23-14(18-20)11-19(2)8-9-22-13-6-4-3-5-7-13/h3-7,10H,8-9,11H2,1-2H3.